The van der Waals surface area contributed by atoms with Crippen LogP contribution in [0.25, 0.3) is 0 Å². The van der Waals surface area contributed by atoms with Crippen LogP contribution < -0.4 is 0 Å². The van der Waals surface area contributed by atoms with Crippen molar-refractivity contribution < 1.29 is 14.3 Å². The van der Waals surface area contributed by atoms with E-state index in [-0.39, 0.29) is 12.1 Å². The van der Waals surface area contributed by atoms with Gasteiger partial charge in [0.15, 0.2) is 0 Å². The topological polar surface area (TPSA) is 51.7 Å². The first-order valence-electron chi connectivity index (χ1n) is 6.45. The molecule has 1 unspecified atom stereocenters. The molecule has 0 aromatic carbocycles. The van der Waals surface area contributed by atoms with Gasteiger partial charge in [0.25, 0.3) is 0 Å². The first-order valence-corrected chi connectivity index (χ1v) is 6.45. The van der Waals surface area contributed by atoms with Gasteiger partial charge in [0.05, 0.1) is 19.3 Å². The summed E-state index contributed by atoms with van der Waals surface area (Å²) in [5, 5.41) is 0. The number of nitrogens with zero attached hydrogens (tertiary/aromatic N) is 2. The molecule has 2 rings (SSSR count). The minimum atomic E-state index is -0.488. The van der Waals surface area contributed by atoms with Crippen molar-refractivity contribution in [1.29, 1.82) is 0 Å². The van der Waals surface area contributed by atoms with Crippen LogP contribution in [0.2, 0.25) is 0 Å². The fourth-order valence-electron chi connectivity index (χ4n) is 2.00. The van der Waals surface area contributed by atoms with Gasteiger partial charge in [0.2, 0.25) is 0 Å². The average molecular weight is 264 g/mol. The second-order valence-corrected chi connectivity index (χ2v) is 5.54. The van der Waals surface area contributed by atoms with Gasteiger partial charge < -0.3 is 9.47 Å². The van der Waals surface area contributed by atoms with Crippen LogP contribution in [-0.4, -0.2) is 41.3 Å². The smallest absolute Gasteiger partial charge is 0.410 e. The van der Waals surface area contributed by atoms with Crippen molar-refractivity contribution in [2.75, 3.05) is 19.8 Å². The molecule has 1 saturated heterocycles. The van der Waals surface area contributed by atoms with Gasteiger partial charge in [-0.25, -0.2) is 4.79 Å². The lowest BCUT2D eigenvalue weighted by molar-refractivity contribution is -0.0331. The zero-order valence-corrected chi connectivity index (χ0v) is 11.6. The zero-order valence-electron chi connectivity index (χ0n) is 11.6. The standard InChI is InChI=1S/C14H20N2O3/c1-14(2,3)19-13(17)16-8-9-18-10-12(16)11-4-6-15-7-5-11/h4-7,12H,8-10H2,1-3H3. The largest absolute Gasteiger partial charge is 0.444 e. The second-order valence-electron chi connectivity index (χ2n) is 5.54. The molecule has 1 aliphatic heterocycles. The number of pyridine rings is 1. The molecule has 5 nitrogen and oxygen atoms in total. The Morgan fingerprint density at radius 2 is 2.11 bits per heavy atom. The first kappa shape index (κ1) is 13.8. The Bertz CT molecular complexity index is 428. The van der Waals surface area contributed by atoms with Crippen molar-refractivity contribution in [1.82, 2.24) is 9.88 Å². The van der Waals surface area contributed by atoms with Gasteiger partial charge >= 0.3 is 6.09 Å². The molecule has 0 saturated carbocycles. The summed E-state index contributed by atoms with van der Waals surface area (Å²) in [6.45, 7) is 7.18. The van der Waals surface area contributed by atoms with Crippen LogP contribution in [-0.2, 0) is 9.47 Å². The number of amides is 1. The molecule has 0 radical (unpaired) electrons. The number of ether oxygens (including phenoxy) is 2. The summed E-state index contributed by atoms with van der Waals surface area (Å²) in [4.78, 5) is 18.0. The third kappa shape index (κ3) is 3.67. The highest BCUT2D eigenvalue weighted by molar-refractivity contribution is 5.69. The number of aromatic nitrogens is 1. The maximum atomic E-state index is 12.2. The molecule has 1 aromatic rings. The lowest BCUT2D eigenvalue weighted by Crippen LogP contribution is -2.45. The molecule has 0 spiro atoms. The summed E-state index contributed by atoms with van der Waals surface area (Å²) in [5.74, 6) is 0. The third-order valence-corrected chi connectivity index (χ3v) is 2.85. The van der Waals surface area contributed by atoms with Crippen LogP contribution in [0.5, 0.6) is 0 Å². The highest BCUT2D eigenvalue weighted by Gasteiger charge is 2.31. The van der Waals surface area contributed by atoms with Gasteiger partial charge in [-0.3, -0.25) is 9.88 Å². The minimum absolute atomic E-state index is 0.105. The maximum absolute atomic E-state index is 12.2. The highest BCUT2D eigenvalue weighted by Crippen LogP contribution is 2.25. The molecule has 1 aliphatic rings. The van der Waals surface area contributed by atoms with Gasteiger partial charge in [-0.05, 0) is 38.5 Å². The highest BCUT2D eigenvalue weighted by atomic mass is 16.6. The summed E-state index contributed by atoms with van der Waals surface area (Å²) in [6, 6.07) is 3.69. The molecule has 104 valence electrons. The van der Waals surface area contributed by atoms with E-state index in [1.54, 1.807) is 17.3 Å². The summed E-state index contributed by atoms with van der Waals surface area (Å²) >= 11 is 0. The van der Waals surface area contributed by atoms with Crippen molar-refractivity contribution in [2.45, 2.75) is 32.4 Å². The molecule has 0 aliphatic carbocycles. The fourth-order valence-corrected chi connectivity index (χ4v) is 2.00. The molecular formula is C14H20N2O3. The lowest BCUT2D eigenvalue weighted by atomic mass is 10.1. The van der Waals surface area contributed by atoms with Crippen LogP contribution in [0, 0.1) is 0 Å². The van der Waals surface area contributed by atoms with E-state index < -0.39 is 5.60 Å². The van der Waals surface area contributed by atoms with Gasteiger partial charge in [-0.2, -0.15) is 0 Å². The van der Waals surface area contributed by atoms with Gasteiger partial charge in [0.1, 0.15) is 5.60 Å². The Balaban J connectivity index is 2.15. The van der Waals surface area contributed by atoms with E-state index in [1.165, 1.54) is 0 Å². The van der Waals surface area contributed by atoms with Crippen LogP contribution >= 0.6 is 0 Å². The minimum Gasteiger partial charge on any atom is -0.444 e. The lowest BCUT2D eigenvalue weighted by Gasteiger charge is -2.36. The Morgan fingerprint density at radius 1 is 1.42 bits per heavy atom. The maximum Gasteiger partial charge on any atom is 0.410 e. The molecule has 1 aromatic heterocycles. The summed E-state index contributed by atoms with van der Waals surface area (Å²) in [5.41, 5.74) is 0.526. The Kier molecular flexibility index (Phi) is 4.04. The van der Waals surface area contributed by atoms with E-state index in [4.69, 9.17) is 9.47 Å². The van der Waals surface area contributed by atoms with Crippen LogP contribution in [0.1, 0.15) is 32.4 Å². The molecule has 1 atom stereocenters. The Hall–Kier alpha value is -1.62. The second kappa shape index (κ2) is 5.57. The first-order chi connectivity index (χ1) is 8.97. The fraction of sp³-hybridized carbons (Fsp3) is 0.571. The number of morpholine rings is 1. The molecular weight excluding hydrogens is 244 g/mol. The average Bonchev–Trinajstić information content (AvgIpc) is 2.38. The third-order valence-electron chi connectivity index (χ3n) is 2.85. The molecule has 19 heavy (non-hydrogen) atoms. The van der Waals surface area contributed by atoms with E-state index >= 15 is 0 Å². The predicted octanol–water partition coefficient (Wildman–Crippen LogP) is 2.39. The Labute approximate surface area is 113 Å². The van der Waals surface area contributed by atoms with Gasteiger partial charge in [-0.15, -0.1) is 0 Å². The van der Waals surface area contributed by atoms with E-state index in [0.29, 0.717) is 19.8 Å². The van der Waals surface area contributed by atoms with Crippen molar-refractivity contribution in [3.05, 3.63) is 30.1 Å². The number of hydrogen-bond acceptors (Lipinski definition) is 4. The predicted molar refractivity (Wildman–Crippen MR) is 70.7 cm³/mol. The van der Waals surface area contributed by atoms with Gasteiger partial charge in [-0.1, -0.05) is 0 Å². The summed E-state index contributed by atoms with van der Waals surface area (Å²) in [6.07, 6.45) is 3.15. The van der Waals surface area contributed by atoms with Crippen LogP contribution in [0.15, 0.2) is 24.5 Å². The SMILES string of the molecule is CC(C)(C)OC(=O)N1CCOCC1c1ccncc1. The molecule has 1 amide bonds. The number of carbonyl (C=O) groups excluding carboxylic acids is 1. The van der Waals surface area contributed by atoms with Crippen molar-refractivity contribution in [3.8, 4) is 0 Å². The number of hydrogen-bond donors (Lipinski definition) is 0. The van der Waals surface area contributed by atoms with Crippen molar-refractivity contribution >= 4 is 6.09 Å². The summed E-state index contributed by atoms with van der Waals surface area (Å²) in [7, 11) is 0. The van der Waals surface area contributed by atoms with Gasteiger partial charge in [0, 0.05) is 18.9 Å². The quantitative estimate of drug-likeness (QED) is 0.781. The van der Waals surface area contributed by atoms with Crippen LogP contribution in [0.3, 0.4) is 0 Å². The molecule has 0 N–H and O–H groups in total. The van der Waals surface area contributed by atoms with Crippen LogP contribution in [0.4, 0.5) is 4.79 Å². The zero-order chi connectivity index (χ0) is 13.9. The van der Waals surface area contributed by atoms with E-state index in [0.717, 1.165) is 5.56 Å². The van der Waals surface area contributed by atoms with E-state index in [1.807, 2.05) is 32.9 Å². The van der Waals surface area contributed by atoms with E-state index in [2.05, 4.69) is 4.98 Å². The Morgan fingerprint density at radius 3 is 2.74 bits per heavy atom. The van der Waals surface area contributed by atoms with E-state index in [9.17, 15) is 4.79 Å². The molecule has 0 bridgehead atoms. The molecule has 2 heterocycles. The number of rotatable bonds is 1. The monoisotopic (exact) mass is 264 g/mol. The normalized spacial score (nSPS) is 20.2. The molecule has 5 heteroatoms. The molecule has 1 fully saturated rings. The number of carbonyl (C=O) groups is 1. The van der Waals surface area contributed by atoms with Crippen molar-refractivity contribution in [3.63, 3.8) is 0 Å². The van der Waals surface area contributed by atoms with Crippen molar-refractivity contribution in [2.24, 2.45) is 0 Å². The summed E-state index contributed by atoms with van der Waals surface area (Å²) < 4.78 is 10.9.